The second-order valence-electron chi connectivity index (χ2n) is 5.97. The number of nitrogens with zero attached hydrogens (tertiary/aromatic N) is 1. The van der Waals surface area contributed by atoms with Gasteiger partial charge in [0.05, 0.1) is 10.0 Å². The minimum absolute atomic E-state index is 0.0243. The van der Waals surface area contributed by atoms with E-state index in [9.17, 15) is 8.42 Å². The Morgan fingerprint density at radius 3 is 2.38 bits per heavy atom. The summed E-state index contributed by atoms with van der Waals surface area (Å²) in [5.74, 6) is 0.755. The van der Waals surface area contributed by atoms with Crippen LogP contribution in [0.3, 0.4) is 0 Å². The number of nitrogens with two attached hydrogens (primary N) is 1. The van der Waals surface area contributed by atoms with E-state index in [4.69, 9.17) is 28.9 Å². The molecule has 1 aromatic rings. The Morgan fingerprint density at radius 1 is 1.10 bits per heavy atom. The van der Waals surface area contributed by atoms with Gasteiger partial charge in [-0.1, -0.05) is 29.3 Å². The van der Waals surface area contributed by atoms with Gasteiger partial charge in [-0.25, -0.2) is 8.42 Å². The van der Waals surface area contributed by atoms with E-state index < -0.39 is 10.0 Å². The number of hydrogen-bond acceptors (Lipinski definition) is 3. The lowest BCUT2D eigenvalue weighted by atomic mass is 9.79. The van der Waals surface area contributed by atoms with Gasteiger partial charge in [0.15, 0.2) is 0 Å². The molecule has 0 radical (unpaired) electrons. The normalized spacial score (nSPS) is 30.3. The summed E-state index contributed by atoms with van der Waals surface area (Å²) in [6, 6.07) is 4.95. The van der Waals surface area contributed by atoms with E-state index >= 15 is 0 Å². The first-order valence-corrected chi connectivity index (χ1v) is 9.29. The lowest BCUT2D eigenvalue weighted by molar-refractivity contribution is 0.271. The summed E-state index contributed by atoms with van der Waals surface area (Å²) < 4.78 is 27.2. The van der Waals surface area contributed by atoms with Crippen molar-refractivity contribution in [1.82, 2.24) is 4.31 Å². The van der Waals surface area contributed by atoms with Crippen LogP contribution < -0.4 is 5.73 Å². The predicted molar refractivity (Wildman–Crippen MR) is 84.0 cm³/mol. The van der Waals surface area contributed by atoms with E-state index in [2.05, 4.69) is 0 Å². The largest absolute Gasteiger partial charge is 0.328 e. The number of fused-ring (bicyclic) bond motifs is 1. The molecule has 0 aromatic heterocycles. The van der Waals surface area contributed by atoms with Crippen molar-refractivity contribution < 1.29 is 8.42 Å². The SMILES string of the molecule is NC1CC[C@@H]2CN(S(=O)(=O)c3c(Cl)cccc3Cl)C[C@@H]2C1. The maximum atomic E-state index is 12.8. The number of sulfonamides is 1. The molecule has 7 heteroatoms. The van der Waals surface area contributed by atoms with E-state index in [0.717, 1.165) is 19.3 Å². The van der Waals surface area contributed by atoms with Crippen LogP contribution in [0.4, 0.5) is 0 Å². The van der Waals surface area contributed by atoms with Crippen LogP contribution >= 0.6 is 23.2 Å². The van der Waals surface area contributed by atoms with Crippen LogP contribution in [0.25, 0.3) is 0 Å². The first-order valence-electron chi connectivity index (χ1n) is 7.09. The molecular weight excluding hydrogens is 331 g/mol. The van der Waals surface area contributed by atoms with Crippen molar-refractivity contribution in [1.29, 1.82) is 0 Å². The van der Waals surface area contributed by atoms with Gasteiger partial charge in [0.25, 0.3) is 0 Å². The van der Waals surface area contributed by atoms with Crippen molar-refractivity contribution in [2.75, 3.05) is 13.1 Å². The fourth-order valence-electron chi connectivity index (χ4n) is 3.48. The summed E-state index contributed by atoms with van der Waals surface area (Å²) in [4.78, 5) is 0.0243. The second kappa shape index (κ2) is 5.70. The zero-order valence-electron chi connectivity index (χ0n) is 11.5. The van der Waals surface area contributed by atoms with Crippen molar-refractivity contribution in [3.05, 3.63) is 28.2 Å². The monoisotopic (exact) mass is 348 g/mol. The highest BCUT2D eigenvalue weighted by molar-refractivity contribution is 7.89. The quantitative estimate of drug-likeness (QED) is 0.893. The third-order valence-electron chi connectivity index (χ3n) is 4.57. The fourth-order valence-corrected chi connectivity index (χ4v) is 6.12. The third-order valence-corrected chi connectivity index (χ3v) is 7.36. The molecule has 21 heavy (non-hydrogen) atoms. The van der Waals surface area contributed by atoms with Gasteiger partial charge in [-0.3, -0.25) is 0 Å². The van der Waals surface area contributed by atoms with Gasteiger partial charge >= 0.3 is 0 Å². The van der Waals surface area contributed by atoms with Gasteiger partial charge in [-0.05, 0) is 43.2 Å². The average molecular weight is 349 g/mol. The van der Waals surface area contributed by atoms with Crippen LogP contribution in [0.1, 0.15) is 19.3 Å². The van der Waals surface area contributed by atoms with E-state index in [1.54, 1.807) is 18.2 Å². The maximum absolute atomic E-state index is 12.8. The fraction of sp³-hybridized carbons (Fsp3) is 0.571. The Morgan fingerprint density at radius 2 is 1.71 bits per heavy atom. The Kier molecular flexibility index (Phi) is 4.23. The second-order valence-corrected chi connectivity index (χ2v) is 8.66. The molecule has 2 aliphatic rings. The summed E-state index contributed by atoms with van der Waals surface area (Å²) in [6.45, 7) is 1.06. The topological polar surface area (TPSA) is 63.4 Å². The number of benzene rings is 1. The molecule has 0 spiro atoms. The van der Waals surface area contributed by atoms with Crippen LogP contribution in [0.2, 0.25) is 10.0 Å². The molecule has 1 saturated carbocycles. The molecule has 1 unspecified atom stereocenters. The summed E-state index contributed by atoms with van der Waals surface area (Å²) >= 11 is 12.1. The van der Waals surface area contributed by atoms with Gasteiger partial charge < -0.3 is 5.73 Å². The van der Waals surface area contributed by atoms with Gasteiger partial charge in [-0.2, -0.15) is 4.31 Å². The summed E-state index contributed by atoms with van der Waals surface area (Å²) in [7, 11) is -3.65. The maximum Gasteiger partial charge on any atom is 0.246 e. The van der Waals surface area contributed by atoms with Crippen LogP contribution in [0.15, 0.2) is 23.1 Å². The zero-order valence-corrected chi connectivity index (χ0v) is 13.8. The number of halogens is 2. The molecule has 1 heterocycles. The molecular formula is C14H18Cl2N2O2S. The molecule has 1 aliphatic carbocycles. The van der Waals surface area contributed by atoms with Crippen LogP contribution in [-0.2, 0) is 10.0 Å². The van der Waals surface area contributed by atoms with E-state index in [1.165, 1.54) is 4.31 Å². The summed E-state index contributed by atoms with van der Waals surface area (Å²) in [5, 5.41) is 0.350. The lowest BCUT2D eigenvalue weighted by Gasteiger charge is -2.28. The van der Waals surface area contributed by atoms with Crippen LogP contribution in [0.5, 0.6) is 0 Å². The first-order chi connectivity index (χ1) is 9.89. The average Bonchev–Trinajstić information content (AvgIpc) is 2.81. The van der Waals surface area contributed by atoms with Crippen LogP contribution in [-0.4, -0.2) is 31.9 Å². The number of rotatable bonds is 2. The molecule has 3 rings (SSSR count). The highest BCUT2D eigenvalue weighted by Crippen LogP contribution is 2.40. The Labute approximate surface area is 135 Å². The van der Waals surface area contributed by atoms with Crippen molar-refractivity contribution in [3.63, 3.8) is 0 Å². The molecule has 0 bridgehead atoms. The molecule has 1 aromatic carbocycles. The standard InChI is InChI=1S/C14H18Cl2N2O2S/c15-12-2-1-3-13(16)14(12)21(19,20)18-7-9-4-5-11(17)6-10(9)8-18/h1-3,9-11H,4-8,17H2/t9-,10+,11?/m1/s1. The molecule has 3 atom stereocenters. The van der Waals surface area contributed by atoms with Crippen molar-refractivity contribution in [2.45, 2.75) is 30.2 Å². The molecule has 1 saturated heterocycles. The Bertz CT molecular complexity index is 630. The number of hydrogen-bond donors (Lipinski definition) is 1. The smallest absolute Gasteiger partial charge is 0.246 e. The minimum atomic E-state index is -3.65. The van der Waals surface area contributed by atoms with Crippen molar-refractivity contribution in [3.8, 4) is 0 Å². The molecule has 1 aliphatic heterocycles. The predicted octanol–water partition coefficient (Wildman–Crippen LogP) is 2.74. The van der Waals surface area contributed by atoms with E-state index in [-0.39, 0.29) is 21.0 Å². The molecule has 4 nitrogen and oxygen atoms in total. The first kappa shape index (κ1) is 15.6. The summed E-state index contributed by atoms with van der Waals surface area (Å²) in [5.41, 5.74) is 5.99. The van der Waals surface area contributed by atoms with Gasteiger partial charge in [0, 0.05) is 19.1 Å². The van der Waals surface area contributed by atoms with E-state index in [1.807, 2.05) is 0 Å². The van der Waals surface area contributed by atoms with Crippen LogP contribution in [0, 0.1) is 11.8 Å². The molecule has 2 fully saturated rings. The zero-order chi connectivity index (χ0) is 15.2. The summed E-state index contributed by atoms with van der Waals surface area (Å²) in [6.07, 6.45) is 2.86. The van der Waals surface area contributed by atoms with Crippen molar-refractivity contribution >= 4 is 33.2 Å². The highest BCUT2D eigenvalue weighted by Gasteiger charge is 2.42. The third kappa shape index (κ3) is 2.82. The highest BCUT2D eigenvalue weighted by atomic mass is 35.5. The minimum Gasteiger partial charge on any atom is -0.328 e. The van der Waals surface area contributed by atoms with Gasteiger partial charge in [-0.15, -0.1) is 0 Å². The Hall–Kier alpha value is -0.330. The Balaban J connectivity index is 1.90. The molecule has 0 amide bonds. The van der Waals surface area contributed by atoms with Gasteiger partial charge in [0.2, 0.25) is 10.0 Å². The lowest BCUT2D eigenvalue weighted by Crippen LogP contribution is -2.32. The molecule has 116 valence electrons. The van der Waals surface area contributed by atoms with Gasteiger partial charge in [0.1, 0.15) is 4.90 Å². The molecule has 2 N–H and O–H groups in total. The van der Waals surface area contributed by atoms with E-state index in [0.29, 0.717) is 24.9 Å². The van der Waals surface area contributed by atoms with Crippen molar-refractivity contribution in [2.24, 2.45) is 17.6 Å².